The first kappa shape index (κ1) is 21.2. The molecule has 1 amide bonds. The Hall–Kier alpha value is -3.65. The van der Waals surface area contributed by atoms with Crippen LogP contribution in [-0.4, -0.2) is 38.7 Å². The number of sulfonamides is 1. The summed E-state index contributed by atoms with van der Waals surface area (Å²) in [7, 11) is -2.05. The molecule has 1 fully saturated rings. The monoisotopic (exact) mass is 461 g/mol. The summed E-state index contributed by atoms with van der Waals surface area (Å²) in [6.45, 7) is 0.709. The molecule has 5 rings (SSSR count). The summed E-state index contributed by atoms with van der Waals surface area (Å²) >= 11 is 0. The van der Waals surface area contributed by atoms with Crippen LogP contribution in [-0.2, 0) is 10.0 Å². The van der Waals surface area contributed by atoms with Crippen LogP contribution >= 0.6 is 0 Å². The molecule has 3 aromatic rings. The Morgan fingerprint density at radius 3 is 2.48 bits per heavy atom. The molecule has 1 N–H and O–H groups in total. The molecule has 0 bridgehead atoms. The predicted octanol–water partition coefficient (Wildman–Crippen LogP) is 4.23. The highest BCUT2D eigenvalue weighted by Gasteiger charge is 2.31. The third-order valence-electron chi connectivity index (χ3n) is 6.04. The minimum atomic E-state index is -3.69. The van der Waals surface area contributed by atoms with Crippen molar-refractivity contribution in [3.63, 3.8) is 0 Å². The second kappa shape index (κ2) is 8.37. The molecule has 1 saturated heterocycles. The molecule has 168 valence electrons. The minimum absolute atomic E-state index is 0.0222. The van der Waals surface area contributed by atoms with Crippen molar-refractivity contribution in [2.24, 2.45) is 4.40 Å². The van der Waals surface area contributed by atoms with Gasteiger partial charge in [-0.2, -0.15) is 8.42 Å². The van der Waals surface area contributed by atoms with Crippen molar-refractivity contribution in [3.05, 3.63) is 89.5 Å². The van der Waals surface area contributed by atoms with E-state index in [-0.39, 0.29) is 22.7 Å². The summed E-state index contributed by atoms with van der Waals surface area (Å²) in [6, 6.07) is 21.6. The molecule has 2 aliphatic heterocycles. The summed E-state index contributed by atoms with van der Waals surface area (Å²) < 4.78 is 33.6. The van der Waals surface area contributed by atoms with Gasteiger partial charge in [-0.3, -0.25) is 4.79 Å². The van der Waals surface area contributed by atoms with E-state index in [4.69, 9.17) is 4.74 Å². The first-order valence-electron chi connectivity index (χ1n) is 10.7. The number of rotatable bonds is 4. The van der Waals surface area contributed by atoms with Gasteiger partial charge in [0.25, 0.3) is 15.9 Å². The molecule has 1 atom stereocenters. The zero-order valence-electron chi connectivity index (χ0n) is 18.1. The lowest BCUT2D eigenvalue weighted by atomic mass is 10.0. The SMILES string of the molecule is COc1ccc(C2CCCN2C(=O)c2ccc(NC3=NS(=O)(=O)c4ccccc43)cc2)cc1. The molecule has 0 radical (unpaired) electrons. The highest BCUT2D eigenvalue weighted by atomic mass is 32.2. The van der Waals surface area contributed by atoms with Gasteiger partial charge in [-0.25, -0.2) is 0 Å². The van der Waals surface area contributed by atoms with E-state index in [2.05, 4.69) is 9.71 Å². The van der Waals surface area contributed by atoms with Gasteiger partial charge in [-0.1, -0.05) is 24.3 Å². The van der Waals surface area contributed by atoms with Crippen LogP contribution in [0.2, 0.25) is 0 Å². The average Bonchev–Trinajstić information content (AvgIpc) is 3.42. The largest absolute Gasteiger partial charge is 0.497 e. The number of likely N-dealkylation sites (tertiary alicyclic amines) is 1. The van der Waals surface area contributed by atoms with Crippen LogP contribution in [0.4, 0.5) is 5.69 Å². The minimum Gasteiger partial charge on any atom is -0.497 e. The Morgan fingerprint density at radius 1 is 1.03 bits per heavy atom. The van der Waals surface area contributed by atoms with Gasteiger partial charge >= 0.3 is 0 Å². The van der Waals surface area contributed by atoms with E-state index < -0.39 is 10.0 Å². The quantitative estimate of drug-likeness (QED) is 0.628. The van der Waals surface area contributed by atoms with E-state index in [0.29, 0.717) is 23.4 Å². The van der Waals surface area contributed by atoms with Gasteiger partial charge in [0, 0.05) is 23.4 Å². The number of amidine groups is 1. The molecular formula is C25H23N3O4S. The average molecular weight is 462 g/mol. The number of nitrogens with zero attached hydrogens (tertiary/aromatic N) is 2. The topological polar surface area (TPSA) is 88.1 Å². The van der Waals surface area contributed by atoms with Gasteiger partial charge in [0.05, 0.1) is 13.2 Å². The highest BCUT2D eigenvalue weighted by molar-refractivity contribution is 7.90. The molecule has 2 heterocycles. The molecule has 33 heavy (non-hydrogen) atoms. The molecule has 0 spiro atoms. The Kier molecular flexibility index (Phi) is 5.38. The molecular weight excluding hydrogens is 438 g/mol. The van der Waals surface area contributed by atoms with Crippen molar-refractivity contribution in [3.8, 4) is 5.75 Å². The summed E-state index contributed by atoms with van der Waals surface area (Å²) in [6.07, 6.45) is 1.88. The summed E-state index contributed by atoms with van der Waals surface area (Å²) in [5.74, 6) is 1.05. The maximum Gasteiger partial charge on any atom is 0.285 e. The predicted molar refractivity (Wildman–Crippen MR) is 126 cm³/mol. The second-order valence-corrected chi connectivity index (χ2v) is 9.62. The summed E-state index contributed by atoms with van der Waals surface area (Å²) in [4.78, 5) is 15.3. The van der Waals surface area contributed by atoms with Crippen molar-refractivity contribution in [1.82, 2.24) is 4.90 Å². The van der Waals surface area contributed by atoms with Crippen molar-refractivity contribution >= 4 is 27.5 Å². The molecule has 1 unspecified atom stereocenters. The van der Waals surface area contributed by atoms with Crippen molar-refractivity contribution < 1.29 is 17.9 Å². The smallest absolute Gasteiger partial charge is 0.285 e. The first-order valence-corrected chi connectivity index (χ1v) is 12.2. The van der Waals surface area contributed by atoms with Crippen LogP contribution < -0.4 is 10.1 Å². The Bertz CT molecular complexity index is 1330. The van der Waals surface area contributed by atoms with E-state index in [1.165, 1.54) is 0 Å². The fourth-order valence-electron chi connectivity index (χ4n) is 4.38. The van der Waals surface area contributed by atoms with Crippen LogP contribution in [0.3, 0.4) is 0 Å². The number of hydrogen-bond donors (Lipinski definition) is 1. The fourth-order valence-corrected chi connectivity index (χ4v) is 5.55. The van der Waals surface area contributed by atoms with Gasteiger partial charge in [-0.15, -0.1) is 4.40 Å². The van der Waals surface area contributed by atoms with Gasteiger partial charge in [0.1, 0.15) is 10.6 Å². The highest BCUT2D eigenvalue weighted by Crippen LogP contribution is 2.34. The summed E-state index contributed by atoms with van der Waals surface area (Å²) in [5.41, 5.74) is 2.88. The lowest BCUT2D eigenvalue weighted by molar-refractivity contribution is 0.0735. The molecule has 3 aromatic carbocycles. The third-order valence-corrected chi connectivity index (χ3v) is 7.38. The van der Waals surface area contributed by atoms with Crippen molar-refractivity contribution in [2.45, 2.75) is 23.8 Å². The van der Waals surface area contributed by atoms with Crippen LogP contribution in [0.1, 0.15) is 40.4 Å². The molecule has 7 nitrogen and oxygen atoms in total. The standard InChI is InChI=1S/C25H23N3O4S/c1-32-20-14-10-17(11-15-20)22-6-4-16-28(22)25(29)18-8-12-19(13-9-18)26-24-21-5-2-3-7-23(21)33(30,31)27-24/h2-3,5,7-15,22H,4,6,16H2,1H3,(H,26,27). The van der Waals surface area contributed by atoms with Gasteiger partial charge in [0.15, 0.2) is 5.84 Å². The third kappa shape index (κ3) is 3.98. The molecule has 8 heteroatoms. The number of carbonyl (C=O) groups is 1. The number of benzene rings is 3. The Balaban J connectivity index is 1.33. The van der Waals surface area contributed by atoms with E-state index in [0.717, 1.165) is 24.2 Å². The summed E-state index contributed by atoms with van der Waals surface area (Å²) in [5, 5.41) is 3.07. The number of carbonyl (C=O) groups excluding carboxylic acids is 1. The van der Waals surface area contributed by atoms with Gasteiger partial charge < -0.3 is 15.0 Å². The van der Waals surface area contributed by atoms with Crippen molar-refractivity contribution in [1.29, 1.82) is 0 Å². The fraction of sp³-hybridized carbons (Fsp3) is 0.200. The molecule has 0 aromatic heterocycles. The number of nitrogens with one attached hydrogen (secondary N) is 1. The van der Waals surface area contributed by atoms with Gasteiger partial charge in [0.2, 0.25) is 0 Å². The number of methoxy groups -OCH3 is 1. The number of anilines is 1. The van der Waals surface area contributed by atoms with E-state index in [9.17, 15) is 13.2 Å². The lowest BCUT2D eigenvalue weighted by Gasteiger charge is -2.25. The number of hydrogen-bond acceptors (Lipinski definition) is 5. The maximum absolute atomic E-state index is 13.2. The lowest BCUT2D eigenvalue weighted by Crippen LogP contribution is -2.30. The Labute approximate surface area is 192 Å². The van der Waals surface area contributed by atoms with E-state index >= 15 is 0 Å². The van der Waals surface area contributed by atoms with Crippen LogP contribution in [0.5, 0.6) is 5.75 Å². The van der Waals surface area contributed by atoms with Crippen LogP contribution in [0, 0.1) is 0 Å². The zero-order valence-corrected chi connectivity index (χ0v) is 18.9. The van der Waals surface area contributed by atoms with Crippen LogP contribution in [0.25, 0.3) is 0 Å². The number of fused-ring (bicyclic) bond motifs is 1. The Morgan fingerprint density at radius 2 is 1.76 bits per heavy atom. The maximum atomic E-state index is 13.2. The zero-order chi connectivity index (χ0) is 23.0. The molecule has 2 aliphatic rings. The van der Waals surface area contributed by atoms with Gasteiger partial charge in [-0.05, 0) is 66.9 Å². The normalized spacial score (nSPS) is 18.5. The van der Waals surface area contributed by atoms with E-state index in [1.807, 2.05) is 29.2 Å². The number of ether oxygens (including phenoxy) is 1. The van der Waals surface area contributed by atoms with E-state index in [1.54, 1.807) is 55.6 Å². The number of amides is 1. The molecule has 0 aliphatic carbocycles. The second-order valence-electron chi connectivity index (χ2n) is 8.04. The van der Waals surface area contributed by atoms with Crippen LogP contribution in [0.15, 0.2) is 82.1 Å². The molecule has 0 saturated carbocycles. The van der Waals surface area contributed by atoms with Crippen molar-refractivity contribution in [2.75, 3.05) is 19.0 Å². The first-order chi connectivity index (χ1) is 16.0.